The molecule has 230 valence electrons. The summed E-state index contributed by atoms with van der Waals surface area (Å²) in [6.07, 6.45) is 0. The molecule has 0 fully saturated rings. The van der Waals surface area contributed by atoms with Crippen LogP contribution in [0.5, 0.6) is 0 Å². The van der Waals surface area contributed by atoms with Crippen molar-refractivity contribution in [2.24, 2.45) is 11.8 Å². The zero-order chi connectivity index (χ0) is 32.0. The first-order valence-electron chi connectivity index (χ1n) is 14.7. The van der Waals surface area contributed by atoms with Crippen molar-refractivity contribution in [2.45, 2.75) is 32.6 Å². The Balaban J connectivity index is 1.29. The highest BCUT2D eigenvalue weighted by atomic mass is 32.2. The minimum absolute atomic E-state index is 0.172. The van der Waals surface area contributed by atoms with E-state index in [1.54, 1.807) is 78.9 Å². The average molecular weight is 641 g/mol. The number of imide groups is 1. The van der Waals surface area contributed by atoms with Crippen LogP contribution < -0.4 is 10.2 Å². The van der Waals surface area contributed by atoms with Crippen LogP contribution in [0.15, 0.2) is 83.8 Å². The van der Waals surface area contributed by atoms with E-state index in [0.717, 1.165) is 4.90 Å². The summed E-state index contributed by atoms with van der Waals surface area (Å²) in [5, 5.41) is 4.31. The van der Waals surface area contributed by atoms with Gasteiger partial charge in [0.25, 0.3) is 17.7 Å². The van der Waals surface area contributed by atoms with E-state index in [1.807, 2.05) is 27.7 Å². The molecule has 6 rings (SSSR count). The van der Waals surface area contributed by atoms with E-state index in [4.69, 9.17) is 0 Å². The van der Waals surface area contributed by atoms with E-state index < -0.39 is 27.7 Å². The SMILES string of the molecule is CC(C)CN(CC(C)C)S(=O)(=O)c1ccc2nc(NC(=O)c3ccc(N4C(=O)c5ccccc5C4=O)c4ccccc34)sc2c1. The molecule has 5 aromatic rings. The number of sulfonamides is 1. The number of thiazole rings is 1. The molecular formula is C34H32N4O5S2. The molecule has 1 aromatic heterocycles. The first-order valence-corrected chi connectivity index (χ1v) is 16.9. The third-order valence-corrected chi connectivity index (χ3v) is 10.3. The number of hydrogen-bond donors (Lipinski definition) is 1. The fraction of sp³-hybridized carbons (Fsp3) is 0.235. The standard InChI is InChI=1S/C34H32N4O5S2/c1-20(2)18-37(19-21(3)4)45(42,43)22-13-15-28-30(17-22)44-34(35-28)36-31(39)25-14-16-29(24-10-6-5-9-23(24)25)38-32(40)26-11-7-8-12-27(26)33(38)41/h5-17,20-21H,18-19H2,1-4H3,(H,35,36,39). The lowest BCUT2D eigenvalue weighted by molar-refractivity contribution is 0.0925. The Kier molecular flexibility index (Phi) is 8.02. The van der Waals surface area contributed by atoms with Crippen LogP contribution in [0.25, 0.3) is 21.0 Å². The largest absolute Gasteiger partial charge is 0.298 e. The number of amides is 3. The summed E-state index contributed by atoms with van der Waals surface area (Å²) in [5.74, 6) is -0.904. The van der Waals surface area contributed by atoms with Gasteiger partial charge in [-0.3, -0.25) is 19.7 Å². The van der Waals surface area contributed by atoms with Crippen LogP contribution in [0.3, 0.4) is 0 Å². The molecule has 0 spiro atoms. The quantitative estimate of drug-likeness (QED) is 0.177. The number of nitrogens with zero attached hydrogens (tertiary/aromatic N) is 3. The van der Waals surface area contributed by atoms with Gasteiger partial charge in [-0.05, 0) is 59.7 Å². The van der Waals surface area contributed by atoms with E-state index in [9.17, 15) is 22.8 Å². The molecule has 45 heavy (non-hydrogen) atoms. The van der Waals surface area contributed by atoms with Crippen molar-refractivity contribution in [3.05, 3.63) is 95.6 Å². The second-order valence-corrected chi connectivity index (χ2v) is 14.9. The van der Waals surface area contributed by atoms with Crippen LogP contribution in [0, 0.1) is 11.8 Å². The molecule has 1 aliphatic rings. The Morgan fingerprint density at radius 3 is 2.07 bits per heavy atom. The van der Waals surface area contributed by atoms with Gasteiger partial charge in [0.05, 0.1) is 31.9 Å². The van der Waals surface area contributed by atoms with E-state index in [2.05, 4.69) is 10.3 Å². The second kappa shape index (κ2) is 11.8. The Bertz CT molecular complexity index is 2060. The highest BCUT2D eigenvalue weighted by Gasteiger charge is 2.37. The van der Waals surface area contributed by atoms with Gasteiger partial charge in [0.2, 0.25) is 10.0 Å². The molecule has 4 aromatic carbocycles. The van der Waals surface area contributed by atoms with Crippen LogP contribution in [-0.2, 0) is 10.0 Å². The minimum Gasteiger partial charge on any atom is -0.298 e. The molecule has 0 bridgehead atoms. The Morgan fingerprint density at radius 2 is 1.44 bits per heavy atom. The first kappa shape index (κ1) is 30.6. The van der Waals surface area contributed by atoms with Crippen molar-refractivity contribution < 1.29 is 22.8 Å². The van der Waals surface area contributed by atoms with Gasteiger partial charge >= 0.3 is 0 Å². The van der Waals surface area contributed by atoms with Crippen LogP contribution in [0.1, 0.15) is 58.8 Å². The van der Waals surface area contributed by atoms with Crippen LogP contribution in [-0.4, -0.2) is 48.5 Å². The van der Waals surface area contributed by atoms with Gasteiger partial charge in [0, 0.05) is 24.0 Å². The Labute approximate surface area is 265 Å². The molecule has 1 N–H and O–H groups in total. The first-order chi connectivity index (χ1) is 21.5. The van der Waals surface area contributed by atoms with Gasteiger partial charge in [0.15, 0.2) is 5.13 Å². The van der Waals surface area contributed by atoms with Gasteiger partial charge in [0.1, 0.15) is 0 Å². The van der Waals surface area contributed by atoms with Crippen molar-refractivity contribution in [1.29, 1.82) is 0 Å². The molecular weight excluding hydrogens is 609 g/mol. The molecule has 0 radical (unpaired) electrons. The van der Waals surface area contributed by atoms with Crippen molar-refractivity contribution in [2.75, 3.05) is 23.3 Å². The molecule has 9 nitrogen and oxygen atoms in total. The minimum atomic E-state index is -3.73. The Hall–Kier alpha value is -4.45. The van der Waals surface area contributed by atoms with Crippen LogP contribution in [0.4, 0.5) is 10.8 Å². The van der Waals surface area contributed by atoms with E-state index in [1.165, 1.54) is 15.6 Å². The normalized spacial score (nSPS) is 13.5. The fourth-order valence-corrected chi connectivity index (χ4v) is 8.37. The molecule has 0 saturated heterocycles. The van der Waals surface area contributed by atoms with Crippen molar-refractivity contribution >= 4 is 70.9 Å². The fourth-order valence-electron chi connectivity index (χ4n) is 5.60. The summed E-state index contributed by atoms with van der Waals surface area (Å²) in [6, 6.07) is 21.8. The lowest BCUT2D eigenvalue weighted by atomic mass is 10.0. The maximum absolute atomic E-state index is 13.6. The lowest BCUT2D eigenvalue weighted by Crippen LogP contribution is -2.37. The van der Waals surface area contributed by atoms with E-state index >= 15 is 0 Å². The monoisotopic (exact) mass is 640 g/mol. The highest BCUT2D eigenvalue weighted by Crippen LogP contribution is 2.36. The third-order valence-electron chi connectivity index (χ3n) is 7.54. The molecule has 0 aliphatic carbocycles. The summed E-state index contributed by atoms with van der Waals surface area (Å²) >= 11 is 1.19. The average Bonchev–Trinajstić information content (AvgIpc) is 3.52. The number of benzene rings is 4. The number of fused-ring (bicyclic) bond motifs is 3. The van der Waals surface area contributed by atoms with Crippen molar-refractivity contribution in [1.82, 2.24) is 9.29 Å². The summed E-state index contributed by atoms with van der Waals surface area (Å²) in [7, 11) is -3.73. The van der Waals surface area contributed by atoms with Gasteiger partial charge < -0.3 is 0 Å². The number of anilines is 2. The molecule has 0 saturated carbocycles. The van der Waals surface area contributed by atoms with Gasteiger partial charge in [-0.1, -0.05) is 75.4 Å². The molecule has 3 amide bonds. The molecule has 0 unspecified atom stereocenters. The van der Waals surface area contributed by atoms with Crippen molar-refractivity contribution in [3.8, 4) is 0 Å². The zero-order valence-corrected chi connectivity index (χ0v) is 26.9. The molecule has 11 heteroatoms. The topological polar surface area (TPSA) is 117 Å². The number of rotatable bonds is 9. The van der Waals surface area contributed by atoms with Crippen LogP contribution in [0.2, 0.25) is 0 Å². The molecule has 2 heterocycles. The predicted octanol–water partition coefficient (Wildman–Crippen LogP) is 6.81. The number of hydrogen-bond acceptors (Lipinski definition) is 7. The lowest BCUT2D eigenvalue weighted by Gasteiger charge is -2.25. The number of carbonyl (C=O) groups is 3. The zero-order valence-electron chi connectivity index (χ0n) is 25.3. The Morgan fingerprint density at radius 1 is 0.844 bits per heavy atom. The summed E-state index contributed by atoms with van der Waals surface area (Å²) in [5.41, 5.74) is 1.98. The van der Waals surface area contributed by atoms with E-state index in [-0.39, 0.29) is 16.7 Å². The number of carbonyl (C=O) groups excluding carboxylic acids is 3. The smallest absolute Gasteiger partial charge is 0.266 e. The highest BCUT2D eigenvalue weighted by molar-refractivity contribution is 7.89. The molecule has 1 aliphatic heterocycles. The third kappa shape index (κ3) is 5.63. The molecule has 0 atom stereocenters. The second-order valence-electron chi connectivity index (χ2n) is 11.9. The number of aromatic nitrogens is 1. The maximum atomic E-state index is 13.6. The van der Waals surface area contributed by atoms with Gasteiger partial charge in [-0.25, -0.2) is 18.3 Å². The van der Waals surface area contributed by atoms with Crippen molar-refractivity contribution in [3.63, 3.8) is 0 Å². The van der Waals surface area contributed by atoms with E-state index in [0.29, 0.717) is 61.6 Å². The predicted molar refractivity (Wildman–Crippen MR) is 178 cm³/mol. The maximum Gasteiger partial charge on any atom is 0.266 e. The summed E-state index contributed by atoms with van der Waals surface area (Å²) in [6.45, 7) is 8.80. The number of nitrogens with one attached hydrogen (secondary N) is 1. The van der Waals surface area contributed by atoms with Crippen LogP contribution >= 0.6 is 11.3 Å². The summed E-state index contributed by atoms with van der Waals surface area (Å²) in [4.78, 5) is 45.8. The van der Waals surface area contributed by atoms with Gasteiger partial charge in [-0.2, -0.15) is 4.31 Å². The summed E-state index contributed by atoms with van der Waals surface area (Å²) < 4.78 is 29.3. The van der Waals surface area contributed by atoms with Gasteiger partial charge in [-0.15, -0.1) is 0 Å².